The Hall–Kier alpha value is -4.57. The van der Waals surface area contributed by atoms with Crippen LogP contribution in [-0.4, -0.2) is 60.2 Å². The number of rotatable bonds is 11. The van der Waals surface area contributed by atoms with Crippen LogP contribution in [0.1, 0.15) is 27.2 Å². The van der Waals surface area contributed by atoms with E-state index >= 15 is 0 Å². The van der Waals surface area contributed by atoms with Crippen LogP contribution in [0.4, 0.5) is 11.4 Å². The van der Waals surface area contributed by atoms with Gasteiger partial charge in [-0.05, 0) is 66.1 Å². The van der Waals surface area contributed by atoms with E-state index in [1.807, 2.05) is 53.3 Å². The van der Waals surface area contributed by atoms with E-state index in [1.165, 1.54) is 11.1 Å². The Bertz CT molecular complexity index is 1450. The van der Waals surface area contributed by atoms with E-state index in [4.69, 9.17) is 14.2 Å². The Labute approximate surface area is 233 Å². The zero-order valence-electron chi connectivity index (χ0n) is 23.0. The average molecular weight is 543 g/mol. The van der Waals surface area contributed by atoms with Crippen LogP contribution in [0, 0.1) is 0 Å². The summed E-state index contributed by atoms with van der Waals surface area (Å²) in [6.45, 7) is 3.87. The number of hydrogen-bond acceptors (Lipinski definition) is 8. The summed E-state index contributed by atoms with van der Waals surface area (Å²) >= 11 is 0. The summed E-state index contributed by atoms with van der Waals surface area (Å²) in [6.07, 6.45) is 2.91. The van der Waals surface area contributed by atoms with E-state index in [2.05, 4.69) is 38.0 Å². The second-order valence-corrected chi connectivity index (χ2v) is 9.56. The number of nitrogens with zero attached hydrogens (tertiary/aromatic N) is 4. The number of benzene rings is 3. The Morgan fingerprint density at radius 3 is 2.42 bits per heavy atom. The van der Waals surface area contributed by atoms with Gasteiger partial charge in [0.25, 0.3) is 5.91 Å². The molecule has 0 unspecified atom stereocenters. The number of ether oxygens (including phenoxy) is 3. The van der Waals surface area contributed by atoms with Gasteiger partial charge in [0, 0.05) is 31.0 Å². The first-order chi connectivity index (χ1) is 19.6. The number of aromatic nitrogens is 3. The normalized spacial score (nSPS) is 12.9. The lowest BCUT2D eigenvalue weighted by Crippen LogP contribution is -2.33. The lowest BCUT2D eigenvalue weighted by atomic mass is 9.99. The lowest BCUT2D eigenvalue weighted by molar-refractivity contribution is 0.102. The van der Waals surface area contributed by atoms with Crippen molar-refractivity contribution in [2.45, 2.75) is 26.1 Å². The number of para-hydroxylation sites is 1. The molecule has 1 aliphatic rings. The van der Waals surface area contributed by atoms with Crippen molar-refractivity contribution in [1.29, 1.82) is 0 Å². The van der Waals surface area contributed by atoms with Gasteiger partial charge in [-0.25, -0.2) is 0 Å². The molecule has 0 fully saturated rings. The molecule has 0 spiro atoms. The Kier molecular flexibility index (Phi) is 8.46. The molecule has 0 atom stereocenters. The molecule has 0 bridgehead atoms. The third-order valence-electron chi connectivity index (χ3n) is 7.01. The van der Waals surface area contributed by atoms with Gasteiger partial charge in [-0.15, -0.1) is 5.10 Å². The predicted molar refractivity (Wildman–Crippen MR) is 153 cm³/mol. The largest absolute Gasteiger partial charge is 0.497 e. The summed E-state index contributed by atoms with van der Waals surface area (Å²) in [5, 5.41) is 14.9. The zero-order chi connectivity index (χ0) is 27.9. The number of hydrogen-bond donors (Lipinski definition) is 2. The molecular weight excluding hydrogens is 508 g/mol. The summed E-state index contributed by atoms with van der Waals surface area (Å²) in [7, 11) is 4.94. The number of anilines is 2. The minimum atomic E-state index is -0.198. The van der Waals surface area contributed by atoms with Crippen LogP contribution in [0.5, 0.6) is 17.2 Å². The molecule has 0 aliphatic carbocycles. The van der Waals surface area contributed by atoms with Gasteiger partial charge in [-0.1, -0.05) is 17.3 Å². The lowest BCUT2D eigenvalue weighted by Gasteiger charge is -2.29. The molecule has 0 saturated carbocycles. The van der Waals surface area contributed by atoms with Crippen LogP contribution >= 0.6 is 0 Å². The molecule has 3 aromatic carbocycles. The monoisotopic (exact) mass is 542 g/mol. The van der Waals surface area contributed by atoms with Crippen molar-refractivity contribution in [1.82, 2.24) is 19.9 Å². The number of carbonyl (C=O) groups excluding carboxylic acids is 1. The van der Waals surface area contributed by atoms with E-state index in [9.17, 15) is 4.79 Å². The van der Waals surface area contributed by atoms with Crippen LogP contribution < -0.4 is 24.8 Å². The average Bonchev–Trinajstić information content (AvgIpc) is 3.46. The molecule has 0 saturated heterocycles. The van der Waals surface area contributed by atoms with Gasteiger partial charge < -0.3 is 24.8 Å². The summed E-state index contributed by atoms with van der Waals surface area (Å²) in [5.74, 6) is 2.07. The minimum absolute atomic E-state index is 0.198. The fourth-order valence-corrected chi connectivity index (χ4v) is 4.80. The smallest absolute Gasteiger partial charge is 0.257 e. The van der Waals surface area contributed by atoms with E-state index in [0.29, 0.717) is 17.8 Å². The molecule has 0 radical (unpaired) electrons. The SMILES string of the molecule is COc1ccc(NC(=O)c2ccccc2NCc2cn(CCN3CCc4cc(OC)c(OC)cc4C3)nn2)cc1. The molecule has 2 N–H and O–H groups in total. The van der Waals surface area contributed by atoms with Crippen LogP contribution in [0.15, 0.2) is 66.9 Å². The zero-order valence-corrected chi connectivity index (χ0v) is 23.0. The van der Waals surface area contributed by atoms with Crippen molar-refractivity contribution < 1.29 is 19.0 Å². The molecule has 1 aliphatic heterocycles. The molecule has 40 heavy (non-hydrogen) atoms. The van der Waals surface area contributed by atoms with Crippen molar-refractivity contribution in [3.05, 3.63) is 89.2 Å². The molecule has 1 amide bonds. The molecule has 10 heteroatoms. The Morgan fingerprint density at radius 2 is 1.68 bits per heavy atom. The first-order valence-electron chi connectivity index (χ1n) is 13.2. The molecule has 4 aromatic rings. The number of carbonyl (C=O) groups is 1. The maximum atomic E-state index is 13.0. The highest BCUT2D eigenvalue weighted by Gasteiger charge is 2.19. The van der Waals surface area contributed by atoms with Crippen LogP contribution in [0.25, 0.3) is 0 Å². The topological polar surface area (TPSA) is 103 Å². The maximum Gasteiger partial charge on any atom is 0.257 e. The van der Waals surface area contributed by atoms with Crippen LogP contribution in [-0.2, 0) is 26.1 Å². The fraction of sp³-hybridized carbons (Fsp3) is 0.300. The highest BCUT2D eigenvalue weighted by molar-refractivity contribution is 6.08. The summed E-state index contributed by atoms with van der Waals surface area (Å²) < 4.78 is 18.0. The predicted octanol–water partition coefficient (Wildman–Crippen LogP) is 4.23. The van der Waals surface area contributed by atoms with E-state index < -0.39 is 0 Å². The van der Waals surface area contributed by atoms with Gasteiger partial charge in [-0.2, -0.15) is 0 Å². The van der Waals surface area contributed by atoms with E-state index in [1.54, 1.807) is 27.4 Å². The first kappa shape index (κ1) is 27.0. The van der Waals surface area contributed by atoms with Crippen molar-refractivity contribution in [3.63, 3.8) is 0 Å². The highest BCUT2D eigenvalue weighted by Crippen LogP contribution is 2.33. The summed E-state index contributed by atoms with van der Waals surface area (Å²) in [5.41, 5.74) is 5.33. The van der Waals surface area contributed by atoms with Gasteiger partial charge in [-0.3, -0.25) is 14.4 Å². The second kappa shape index (κ2) is 12.5. The van der Waals surface area contributed by atoms with Crippen LogP contribution in [0.3, 0.4) is 0 Å². The molecule has 2 heterocycles. The van der Waals surface area contributed by atoms with Crippen LogP contribution in [0.2, 0.25) is 0 Å². The minimum Gasteiger partial charge on any atom is -0.497 e. The van der Waals surface area contributed by atoms with Gasteiger partial charge >= 0.3 is 0 Å². The Balaban J connectivity index is 1.14. The quantitative estimate of drug-likeness (QED) is 0.290. The first-order valence-corrected chi connectivity index (χ1v) is 13.2. The molecule has 208 valence electrons. The fourth-order valence-electron chi connectivity index (χ4n) is 4.80. The highest BCUT2D eigenvalue weighted by atomic mass is 16.5. The third kappa shape index (κ3) is 6.35. The van der Waals surface area contributed by atoms with Gasteiger partial charge in [0.15, 0.2) is 11.5 Å². The van der Waals surface area contributed by atoms with Crippen molar-refractivity contribution in [2.24, 2.45) is 0 Å². The molecule has 10 nitrogen and oxygen atoms in total. The van der Waals surface area contributed by atoms with Crippen molar-refractivity contribution in [2.75, 3.05) is 45.1 Å². The van der Waals surface area contributed by atoms with Gasteiger partial charge in [0.1, 0.15) is 11.4 Å². The third-order valence-corrected chi connectivity index (χ3v) is 7.01. The molecule has 1 aromatic heterocycles. The Morgan fingerprint density at radius 1 is 0.925 bits per heavy atom. The number of amides is 1. The van der Waals surface area contributed by atoms with Gasteiger partial charge in [0.2, 0.25) is 0 Å². The van der Waals surface area contributed by atoms with Crippen molar-refractivity contribution in [3.8, 4) is 17.2 Å². The number of fused-ring (bicyclic) bond motifs is 1. The molecular formula is C30H34N6O4. The summed E-state index contributed by atoms with van der Waals surface area (Å²) in [6, 6.07) is 18.8. The number of nitrogens with one attached hydrogen (secondary N) is 2. The van der Waals surface area contributed by atoms with Gasteiger partial charge in [0.05, 0.1) is 46.2 Å². The van der Waals surface area contributed by atoms with Crippen molar-refractivity contribution >= 4 is 17.3 Å². The molecule has 5 rings (SSSR count). The maximum absolute atomic E-state index is 13.0. The van der Waals surface area contributed by atoms with E-state index in [0.717, 1.165) is 61.2 Å². The standard InChI is InChI=1S/C30H34N6O4/c1-38-25-10-8-23(9-11-25)32-30(37)26-6-4-5-7-27(26)31-18-24-20-36(34-33-24)15-14-35-13-12-21-16-28(39-2)29(40-3)17-22(21)19-35/h4-11,16-17,20,31H,12-15,18-19H2,1-3H3,(H,32,37). The summed E-state index contributed by atoms with van der Waals surface area (Å²) in [4.78, 5) is 15.4. The second-order valence-electron chi connectivity index (χ2n) is 9.56. The number of methoxy groups -OCH3 is 3. The van der Waals surface area contributed by atoms with E-state index in [-0.39, 0.29) is 5.91 Å².